The van der Waals surface area contributed by atoms with E-state index in [-0.39, 0.29) is 6.92 Å². The third kappa shape index (κ3) is 2.93. The van der Waals surface area contributed by atoms with Gasteiger partial charge in [0.05, 0.1) is 0 Å². The maximum atomic E-state index is 6.08. The van der Waals surface area contributed by atoms with E-state index < -0.39 is 0 Å². The molecule has 102 valence electrons. The minimum Gasteiger partial charge on any atom is -0.550 e. The third-order valence-electron chi connectivity index (χ3n) is 3.26. The Kier molecular flexibility index (Phi) is 3.93. The maximum absolute atomic E-state index is 6.08. The van der Waals surface area contributed by atoms with E-state index in [9.17, 15) is 0 Å². The van der Waals surface area contributed by atoms with Gasteiger partial charge in [-0.05, 0) is 29.7 Å². The summed E-state index contributed by atoms with van der Waals surface area (Å²) >= 11 is 5.92. The van der Waals surface area contributed by atoms with Gasteiger partial charge in [-0.2, -0.15) is 0 Å². The lowest BCUT2D eigenvalue weighted by Gasteiger charge is -2.14. The molecule has 3 aromatic rings. The summed E-state index contributed by atoms with van der Waals surface area (Å²) in [6, 6.07) is 17.4. The molecule has 0 unspecified atom stereocenters. The molecule has 1 heterocycles. The summed E-state index contributed by atoms with van der Waals surface area (Å²) in [4.78, 5) is 4.40. The Morgan fingerprint density at radius 1 is 1.05 bits per heavy atom. The van der Waals surface area contributed by atoms with Crippen molar-refractivity contribution in [2.45, 2.75) is 0 Å². The lowest BCUT2D eigenvalue weighted by atomic mass is 9.61. The molecule has 3 rings (SSSR count). The largest absolute Gasteiger partial charge is 0.550 e. The minimum absolute atomic E-state index is 0.241. The van der Waals surface area contributed by atoms with Crippen LogP contribution in [0, 0.1) is 0 Å². The average molecular weight is 294 g/mol. The topological polar surface area (TPSA) is 22.1 Å². The average Bonchev–Trinajstić information content (AvgIpc) is 2.54. The van der Waals surface area contributed by atoms with Crippen LogP contribution < -0.4 is 10.1 Å². The van der Waals surface area contributed by atoms with Gasteiger partial charge in [-0.15, -0.1) is 6.58 Å². The van der Waals surface area contributed by atoms with Crippen LogP contribution in [0.4, 0.5) is 0 Å². The standard InChI is InChI=1S/C17H13BClNO/c1-2-18(14-8-10-15(19)11-9-14)21-16-7-3-5-13-6-4-12-20-17(13)16/h2-12H,1H2. The summed E-state index contributed by atoms with van der Waals surface area (Å²) in [5.41, 5.74) is 1.85. The van der Waals surface area contributed by atoms with Gasteiger partial charge in [0.2, 0.25) is 0 Å². The zero-order chi connectivity index (χ0) is 14.7. The number of pyridine rings is 1. The van der Waals surface area contributed by atoms with E-state index in [1.165, 1.54) is 0 Å². The van der Waals surface area contributed by atoms with E-state index in [4.69, 9.17) is 16.3 Å². The fourth-order valence-corrected chi connectivity index (χ4v) is 2.34. The molecule has 2 aromatic carbocycles. The number of hydrogen-bond donors (Lipinski definition) is 0. The van der Waals surface area contributed by atoms with E-state index >= 15 is 0 Å². The number of rotatable bonds is 4. The summed E-state index contributed by atoms with van der Waals surface area (Å²) in [5.74, 6) is 2.51. The maximum Gasteiger partial charge on any atom is 0.418 e. The molecule has 0 saturated carbocycles. The predicted molar refractivity (Wildman–Crippen MR) is 89.4 cm³/mol. The van der Waals surface area contributed by atoms with Crippen molar-refractivity contribution in [2.75, 3.05) is 0 Å². The fourth-order valence-electron chi connectivity index (χ4n) is 2.21. The summed E-state index contributed by atoms with van der Waals surface area (Å²) in [6.07, 6.45) is 1.76. The van der Waals surface area contributed by atoms with Gasteiger partial charge in [-0.1, -0.05) is 47.9 Å². The Morgan fingerprint density at radius 3 is 2.57 bits per heavy atom. The van der Waals surface area contributed by atoms with Gasteiger partial charge < -0.3 is 4.65 Å². The zero-order valence-electron chi connectivity index (χ0n) is 11.4. The first-order valence-corrected chi connectivity index (χ1v) is 7.04. The molecule has 0 aliphatic carbocycles. The van der Waals surface area contributed by atoms with Crippen LogP contribution in [0.2, 0.25) is 5.02 Å². The zero-order valence-corrected chi connectivity index (χ0v) is 12.1. The molecule has 0 spiro atoms. The van der Waals surface area contributed by atoms with Crippen molar-refractivity contribution in [1.82, 2.24) is 4.98 Å². The fraction of sp³-hybridized carbons (Fsp3) is 0. The van der Waals surface area contributed by atoms with Gasteiger partial charge in [0.1, 0.15) is 11.3 Å². The van der Waals surface area contributed by atoms with Crippen molar-refractivity contribution in [3.63, 3.8) is 0 Å². The van der Waals surface area contributed by atoms with Crippen LogP contribution >= 0.6 is 11.6 Å². The van der Waals surface area contributed by atoms with Gasteiger partial charge >= 0.3 is 6.92 Å². The number of para-hydroxylation sites is 1. The van der Waals surface area contributed by atoms with Crippen molar-refractivity contribution in [1.29, 1.82) is 0 Å². The quantitative estimate of drug-likeness (QED) is 0.681. The molecule has 0 amide bonds. The van der Waals surface area contributed by atoms with E-state index in [2.05, 4.69) is 11.6 Å². The Morgan fingerprint density at radius 2 is 1.81 bits per heavy atom. The summed E-state index contributed by atoms with van der Waals surface area (Å²) in [7, 11) is 0. The Hall–Kier alpha value is -2.26. The molecule has 0 fully saturated rings. The predicted octanol–water partition coefficient (Wildman–Crippen LogP) is 3.89. The highest BCUT2D eigenvalue weighted by atomic mass is 35.5. The minimum atomic E-state index is -0.241. The molecule has 4 heteroatoms. The van der Waals surface area contributed by atoms with Gasteiger partial charge in [-0.25, -0.2) is 0 Å². The first kappa shape index (κ1) is 13.7. The molecule has 0 aliphatic rings. The first-order chi connectivity index (χ1) is 10.3. The first-order valence-electron chi connectivity index (χ1n) is 6.66. The summed E-state index contributed by atoms with van der Waals surface area (Å²) < 4.78 is 6.08. The SMILES string of the molecule is C=CB(Oc1cccc2cccnc12)c1ccc(Cl)cc1. The van der Waals surface area contributed by atoms with Crippen LogP contribution in [0.25, 0.3) is 10.9 Å². The number of benzene rings is 2. The molecule has 0 N–H and O–H groups in total. The third-order valence-corrected chi connectivity index (χ3v) is 3.51. The van der Waals surface area contributed by atoms with Crippen LogP contribution in [0.3, 0.4) is 0 Å². The molecule has 0 atom stereocenters. The van der Waals surface area contributed by atoms with Gasteiger partial charge in [0, 0.05) is 16.6 Å². The molecule has 2 nitrogen and oxygen atoms in total. The summed E-state index contributed by atoms with van der Waals surface area (Å²) in [5, 5.41) is 1.75. The van der Waals surface area contributed by atoms with Crippen molar-refractivity contribution < 1.29 is 4.65 Å². The Labute approximate surface area is 129 Å². The Balaban J connectivity index is 1.96. The van der Waals surface area contributed by atoms with Gasteiger partial charge in [0.15, 0.2) is 0 Å². The monoisotopic (exact) mass is 293 g/mol. The molecular weight excluding hydrogens is 280 g/mol. The van der Waals surface area contributed by atoms with Crippen LogP contribution in [-0.4, -0.2) is 11.9 Å². The molecule has 1 aromatic heterocycles. The van der Waals surface area contributed by atoms with E-state index in [1.54, 1.807) is 12.2 Å². The van der Waals surface area contributed by atoms with Crippen LogP contribution in [0.1, 0.15) is 0 Å². The number of halogens is 1. The van der Waals surface area contributed by atoms with Crippen LogP contribution in [0.15, 0.2) is 73.3 Å². The van der Waals surface area contributed by atoms with Crippen molar-refractivity contribution in [2.24, 2.45) is 0 Å². The second-order valence-corrected chi connectivity index (χ2v) is 5.09. The van der Waals surface area contributed by atoms with E-state index in [0.717, 1.165) is 22.1 Å². The highest BCUT2D eigenvalue weighted by Gasteiger charge is 2.17. The number of fused-ring (bicyclic) bond motifs is 1. The van der Waals surface area contributed by atoms with Crippen molar-refractivity contribution in [3.8, 4) is 5.75 Å². The number of aromatic nitrogens is 1. The summed E-state index contributed by atoms with van der Waals surface area (Å²) in [6.45, 7) is 3.62. The van der Waals surface area contributed by atoms with Gasteiger partial charge in [-0.3, -0.25) is 4.98 Å². The van der Waals surface area contributed by atoms with Crippen molar-refractivity contribution >= 4 is 34.9 Å². The van der Waals surface area contributed by atoms with Crippen LogP contribution in [-0.2, 0) is 0 Å². The molecule has 0 saturated heterocycles. The van der Waals surface area contributed by atoms with Crippen LogP contribution in [0.5, 0.6) is 5.75 Å². The molecular formula is C17H13BClNO. The normalized spacial score (nSPS) is 10.3. The van der Waals surface area contributed by atoms with E-state index in [0.29, 0.717) is 5.02 Å². The molecule has 0 bridgehead atoms. The second kappa shape index (κ2) is 6.02. The second-order valence-electron chi connectivity index (χ2n) is 4.66. The van der Waals surface area contributed by atoms with Gasteiger partial charge in [0.25, 0.3) is 0 Å². The highest BCUT2D eigenvalue weighted by molar-refractivity contribution is 6.72. The lowest BCUT2D eigenvalue weighted by molar-refractivity contribution is 0.596. The van der Waals surface area contributed by atoms with Crippen molar-refractivity contribution in [3.05, 3.63) is 78.4 Å². The molecule has 0 aliphatic heterocycles. The smallest absolute Gasteiger partial charge is 0.418 e. The molecule has 21 heavy (non-hydrogen) atoms. The highest BCUT2D eigenvalue weighted by Crippen LogP contribution is 2.23. The lowest BCUT2D eigenvalue weighted by Crippen LogP contribution is -2.34. The number of hydrogen-bond acceptors (Lipinski definition) is 2. The van der Waals surface area contributed by atoms with E-state index in [1.807, 2.05) is 54.6 Å². The molecule has 0 radical (unpaired) electrons. The number of nitrogens with zero attached hydrogens (tertiary/aromatic N) is 1. The Bertz CT molecular complexity index is 768.